The third kappa shape index (κ3) is 3.01. The minimum absolute atomic E-state index is 0.0412. The summed E-state index contributed by atoms with van der Waals surface area (Å²) in [6.07, 6.45) is 1.94. The van der Waals surface area contributed by atoms with Crippen molar-refractivity contribution >= 4 is 21.8 Å². The van der Waals surface area contributed by atoms with E-state index in [-0.39, 0.29) is 22.9 Å². The van der Waals surface area contributed by atoms with Crippen molar-refractivity contribution in [1.82, 2.24) is 4.72 Å². The summed E-state index contributed by atoms with van der Waals surface area (Å²) in [5, 5.41) is 0. The predicted octanol–water partition coefficient (Wildman–Crippen LogP) is 1.89. The Morgan fingerprint density at radius 1 is 1.38 bits per heavy atom. The molecule has 3 atom stereocenters. The third-order valence-corrected chi connectivity index (χ3v) is 7.64. The van der Waals surface area contributed by atoms with Gasteiger partial charge in [0.2, 0.25) is 10.0 Å². The van der Waals surface area contributed by atoms with Gasteiger partial charge in [-0.2, -0.15) is 0 Å². The molecule has 0 heterocycles. The van der Waals surface area contributed by atoms with E-state index in [4.69, 9.17) is 4.74 Å². The average molecular weight is 359 g/mol. The molecule has 2 saturated carbocycles. The predicted molar refractivity (Wildman–Crippen MR) is 90.7 cm³/mol. The Kier molecular flexibility index (Phi) is 4.68. The molecule has 24 heavy (non-hydrogen) atoms. The zero-order chi connectivity index (χ0) is 18.6. The monoisotopic (exact) mass is 359 g/mol. The Labute approximate surface area is 144 Å². The van der Waals surface area contributed by atoms with E-state index >= 15 is 0 Å². The molecule has 7 heteroatoms. The molecule has 2 aliphatic carbocycles. The van der Waals surface area contributed by atoms with Gasteiger partial charge in [0, 0.05) is 11.8 Å². The number of rotatable bonds is 5. The van der Waals surface area contributed by atoms with Crippen molar-refractivity contribution in [3.8, 4) is 0 Å². The Balaban J connectivity index is 2.28. The Bertz CT molecular complexity index is 646. The Morgan fingerprint density at radius 2 is 1.96 bits per heavy atom. The van der Waals surface area contributed by atoms with E-state index in [0.29, 0.717) is 12.8 Å². The van der Waals surface area contributed by atoms with E-state index in [1.165, 1.54) is 7.11 Å². The molecule has 0 aromatic carbocycles. The average Bonchev–Trinajstić information content (AvgIpc) is 2.76. The molecular formula is C17H29NO5S. The number of ether oxygens (including phenoxy) is 1. The molecule has 6 nitrogen and oxygen atoms in total. The SMILES string of the molecule is COC(=O)[C@@H](NS(=O)(=O)C[C@]12CC[C@H](CC1=O)C2(C)C)C(C)(C)C. The number of hydrogen-bond acceptors (Lipinski definition) is 5. The maximum atomic E-state index is 12.8. The van der Waals surface area contributed by atoms with E-state index < -0.39 is 32.9 Å². The number of esters is 1. The third-order valence-electron chi connectivity index (χ3n) is 6.18. The van der Waals surface area contributed by atoms with Gasteiger partial charge in [-0.15, -0.1) is 0 Å². The van der Waals surface area contributed by atoms with Crippen molar-refractivity contribution in [1.29, 1.82) is 0 Å². The molecule has 2 rings (SSSR count). The smallest absolute Gasteiger partial charge is 0.324 e. The van der Waals surface area contributed by atoms with Crippen LogP contribution in [0, 0.1) is 22.2 Å². The van der Waals surface area contributed by atoms with Gasteiger partial charge in [0.05, 0.1) is 12.9 Å². The zero-order valence-corrected chi connectivity index (χ0v) is 16.2. The summed E-state index contributed by atoms with van der Waals surface area (Å²) in [6.45, 7) is 9.29. The molecule has 0 amide bonds. The van der Waals surface area contributed by atoms with Crippen LogP contribution in [0.2, 0.25) is 0 Å². The largest absolute Gasteiger partial charge is 0.468 e. The van der Waals surface area contributed by atoms with E-state index in [9.17, 15) is 18.0 Å². The highest BCUT2D eigenvalue weighted by atomic mass is 32.2. The van der Waals surface area contributed by atoms with Crippen LogP contribution in [-0.2, 0) is 24.3 Å². The normalized spacial score (nSPS) is 30.4. The number of fused-ring (bicyclic) bond motifs is 2. The molecule has 0 aliphatic heterocycles. The molecule has 0 spiro atoms. The lowest BCUT2D eigenvalue weighted by Gasteiger charge is -2.37. The van der Waals surface area contributed by atoms with Gasteiger partial charge in [-0.25, -0.2) is 13.1 Å². The molecule has 0 aromatic heterocycles. The van der Waals surface area contributed by atoms with E-state index in [1.807, 2.05) is 13.8 Å². The van der Waals surface area contributed by atoms with Crippen LogP contribution in [0.25, 0.3) is 0 Å². The molecule has 0 aromatic rings. The Hall–Kier alpha value is -0.950. The number of carbonyl (C=O) groups is 2. The lowest BCUT2D eigenvalue weighted by Crippen LogP contribution is -2.53. The first-order valence-electron chi connectivity index (χ1n) is 8.38. The molecule has 0 unspecified atom stereocenters. The van der Waals surface area contributed by atoms with Crippen molar-refractivity contribution in [3.05, 3.63) is 0 Å². The number of ketones is 1. The fraction of sp³-hybridized carbons (Fsp3) is 0.882. The van der Waals surface area contributed by atoms with Gasteiger partial charge in [0.25, 0.3) is 0 Å². The van der Waals surface area contributed by atoms with Crippen LogP contribution in [-0.4, -0.2) is 39.1 Å². The summed E-state index contributed by atoms with van der Waals surface area (Å²) >= 11 is 0. The van der Waals surface area contributed by atoms with Crippen molar-refractivity contribution in [2.45, 2.75) is 59.9 Å². The lowest BCUT2D eigenvalue weighted by atomic mass is 9.70. The summed E-state index contributed by atoms with van der Waals surface area (Å²) < 4.78 is 32.9. The van der Waals surface area contributed by atoms with Gasteiger partial charge in [-0.05, 0) is 29.6 Å². The molecule has 1 N–H and O–H groups in total. The first-order chi connectivity index (χ1) is 10.8. The van der Waals surface area contributed by atoms with Crippen molar-refractivity contribution in [3.63, 3.8) is 0 Å². The number of Topliss-reactive ketones (excluding diaryl/α,β-unsaturated/α-hetero) is 1. The highest BCUT2D eigenvalue weighted by Crippen LogP contribution is 2.64. The molecular weight excluding hydrogens is 330 g/mol. The van der Waals surface area contributed by atoms with Crippen LogP contribution in [0.1, 0.15) is 53.9 Å². The van der Waals surface area contributed by atoms with E-state index in [2.05, 4.69) is 4.72 Å². The highest BCUT2D eigenvalue weighted by molar-refractivity contribution is 7.89. The topological polar surface area (TPSA) is 89.5 Å². The minimum atomic E-state index is -3.82. The number of sulfonamides is 1. The number of hydrogen-bond donors (Lipinski definition) is 1. The summed E-state index contributed by atoms with van der Waals surface area (Å²) in [6, 6.07) is -0.985. The van der Waals surface area contributed by atoms with Gasteiger partial charge in [0.1, 0.15) is 11.8 Å². The fourth-order valence-corrected chi connectivity index (χ4v) is 6.57. The molecule has 2 bridgehead atoms. The van der Waals surface area contributed by atoms with Crippen LogP contribution in [0.4, 0.5) is 0 Å². The van der Waals surface area contributed by atoms with Gasteiger partial charge in [0.15, 0.2) is 0 Å². The second kappa shape index (κ2) is 5.80. The van der Waals surface area contributed by atoms with Crippen LogP contribution >= 0.6 is 0 Å². The van der Waals surface area contributed by atoms with Crippen LogP contribution in [0.5, 0.6) is 0 Å². The highest BCUT2D eigenvalue weighted by Gasteiger charge is 2.65. The minimum Gasteiger partial charge on any atom is -0.468 e. The van der Waals surface area contributed by atoms with Gasteiger partial charge >= 0.3 is 5.97 Å². The number of carbonyl (C=O) groups excluding carboxylic acids is 2. The lowest BCUT2D eigenvalue weighted by molar-refractivity contribution is -0.145. The standard InChI is InChI=1S/C17H29NO5S/c1-15(2,3)13(14(20)23-6)18-24(21,22)10-17-8-7-11(9-12(17)19)16(17,4)5/h11,13,18H,7-10H2,1-6H3/t11-,13-,17-/m1/s1. The maximum absolute atomic E-state index is 12.8. The Morgan fingerprint density at radius 3 is 2.33 bits per heavy atom. The van der Waals surface area contributed by atoms with Crippen molar-refractivity contribution in [2.75, 3.05) is 12.9 Å². The van der Waals surface area contributed by atoms with Crippen LogP contribution in [0.3, 0.4) is 0 Å². The van der Waals surface area contributed by atoms with Crippen molar-refractivity contribution < 1.29 is 22.7 Å². The quantitative estimate of drug-likeness (QED) is 0.757. The molecule has 2 fully saturated rings. The second-order valence-electron chi connectivity index (χ2n) is 8.87. The summed E-state index contributed by atoms with van der Waals surface area (Å²) in [4.78, 5) is 24.5. The summed E-state index contributed by atoms with van der Waals surface area (Å²) in [5.74, 6) is -0.588. The molecule has 0 saturated heterocycles. The molecule has 0 radical (unpaired) electrons. The number of methoxy groups -OCH3 is 1. The van der Waals surface area contributed by atoms with E-state index in [0.717, 1.165) is 6.42 Å². The fourth-order valence-electron chi connectivity index (χ4n) is 4.35. The zero-order valence-electron chi connectivity index (χ0n) is 15.4. The summed E-state index contributed by atoms with van der Waals surface area (Å²) in [7, 11) is -2.59. The second-order valence-corrected chi connectivity index (χ2v) is 10.6. The van der Waals surface area contributed by atoms with Crippen molar-refractivity contribution in [2.24, 2.45) is 22.2 Å². The molecule has 2 aliphatic rings. The number of nitrogens with one attached hydrogen (secondary N) is 1. The molecule has 138 valence electrons. The van der Waals surface area contributed by atoms with Gasteiger partial charge in [-0.3, -0.25) is 9.59 Å². The first kappa shape index (κ1) is 19.4. The van der Waals surface area contributed by atoms with Crippen LogP contribution in [0.15, 0.2) is 0 Å². The van der Waals surface area contributed by atoms with Gasteiger partial charge in [-0.1, -0.05) is 34.6 Å². The maximum Gasteiger partial charge on any atom is 0.324 e. The first-order valence-corrected chi connectivity index (χ1v) is 10.0. The van der Waals surface area contributed by atoms with E-state index in [1.54, 1.807) is 20.8 Å². The van der Waals surface area contributed by atoms with Crippen LogP contribution < -0.4 is 4.72 Å². The summed E-state index contributed by atoms with van der Waals surface area (Å²) in [5.41, 5.74) is -1.81. The van der Waals surface area contributed by atoms with Gasteiger partial charge < -0.3 is 4.74 Å².